The van der Waals surface area contributed by atoms with E-state index in [-0.39, 0.29) is 25.9 Å². The van der Waals surface area contributed by atoms with Crippen LogP contribution in [0.1, 0.15) is 303 Å². The van der Waals surface area contributed by atoms with Crippen LogP contribution in [0.3, 0.4) is 0 Å². The molecular weight excluding hydrogens is 1050 g/mol. The molecule has 0 bridgehead atoms. The molecule has 0 radical (unpaired) electrons. The van der Waals surface area contributed by atoms with Gasteiger partial charge >= 0.3 is 25.7 Å². The van der Waals surface area contributed by atoms with Gasteiger partial charge in [-0.15, -0.1) is 0 Å². The summed E-state index contributed by atoms with van der Waals surface area (Å²) in [7, 11) is -4.77. The SMILES string of the molecule is CC/C=C\C/C=C\C/C=C\C/C=C\C/C=C\CCCCCC(=O)OC(COC(=O)CCCCCCCCC/C=C\CCCCCCCC)COP(=O)(O)OCC(CO)OC(=O)CCCCCCCCCCC/C=C\CCCCCCCC. The van der Waals surface area contributed by atoms with Gasteiger partial charge in [-0.25, -0.2) is 4.57 Å². The van der Waals surface area contributed by atoms with Gasteiger partial charge in [-0.1, -0.05) is 254 Å². The Balaban J connectivity index is 4.73. The molecule has 0 saturated carbocycles. The van der Waals surface area contributed by atoms with Crippen molar-refractivity contribution < 1.29 is 52.2 Å². The van der Waals surface area contributed by atoms with Crippen LogP contribution in [0, 0.1) is 0 Å². The molecule has 2 N–H and O–H groups in total. The number of carbonyl (C=O) groups is 3. The number of phosphoric ester groups is 1. The zero-order chi connectivity index (χ0) is 59.8. The molecule has 0 aliphatic rings. The molecule has 0 heterocycles. The number of hydrogen-bond donors (Lipinski definition) is 2. The summed E-state index contributed by atoms with van der Waals surface area (Å²) >= 11 is 0. The quantitative estimate of drug-likeness (QED) is 0.0197. The van der Waals surface area contributed by atoms with E-state index in [4.69, 9.17) is 23.3 Å². The van der Waals surface area contributed by atoms with E-state index in [0.717, 1.165) is 96.3 Å². The topological polar surface area (TPSA) is 155 Å². The average molecular weight is 1170 g/mol. The van der Waals surface area contributed by atoms with Crippen molar-refractivity contribution in [2.45, 2.75) is 315 Å². The normalized spacial score (nSPS) is 13.8. The van der Waals surface area contributed by atoms with Crippen LogP contribution in [-0.4, -0.2) is 66.5 Å². The Morgan fingerprint density at radius 1 is 0.354 bits per heavy atom. The summed E-state index contributed by atoms with van der Waals surface area (Å²) in [6.07, 6.45) is 75.3. The molecular formula is C70H123O11P. The van der Waals surface area contributed by atoms with Gasteiger partial charge in [0, 0.05) is 19.3 Å². The molecule has 0 aromatic rings. The van der Waals surface area contributed by atoms with Crippen LogP contribution in [0.4, 0.5) is 0 Å². The Hall–Kier alpha value is -3.34. The number of aliphatic hydroxyl groups is 1. The van der Waals surface area contributed by atoms with Crippen LogP contribution in [0.2, 0.25) is 0 Å². The van der Waals surface area contributed by atoms with Crippen LogP contribution >= 0.6 is 7.82 Å². The maximum Gasteiger partial charge on any atom is 0.472 e. The van der Waals surface area contributed by atoms with Gasteiger partial charge in [-0.05, 0) is 116 Å². The molecule has 0 aliphatic heterocycles. The van der Waals surface area contributed by atoms with Crippen molar-refractivity contribution in [3.8, 4) is 0 Å². The number of unbranched alkanes of at least 4 members (excludes halogenated alkanes) is 31. The monoisotopic (exact) mass is 1170 g/mol. The van der Waals surface area contributed by atoms with Gasteiger partial charge < -0.3 is 24.2 Å². The predicted octanol–water partition coefficient (Wildman–Crippen LogP) is 20.6. The van der Waals surface area contributed by atoms with Crippen molar-refractivity contribution in [3.63, 3.8) is 0 Å². The summed E-state index contributed by atoms with van der Waals surface area (Å²) < 4.78 is 39.7. The molecule has 0 spiro atoms. The zero-order valence-electron chi connectivity index (χ0n) is 52.7. The molecule has 82 heavy (non-hydrogen) atoms. The number of hydrogen-bond acceptors (Lipinski definition) is 10. The van der Waals surface area contributed by atoms with E-state index in [9.17, 15) is 28.9 Å². The first-order valence-corrected chi connectivity index (χ1v) is 35.0. The Morgan fingerprint density at radius 2 is 0.634 bits per heavy atom. The highest BCUT2D eigenvalue weighted by molar-refractivity contribution is 7.47. The fourth-order valence-corrected chi connectivity index (χ4v) is 9.98. The summed E-state index contributed by atoms with van der Waals surface area (Å²) in [6.45, 7) is 4.53. The van der Waals surface area contributed by atoms with Gasteiger partial charge in [0.15, 0.2) is 6.10 Å². The van der Waals surface area contributed by atoms with Crippen LogP contribution in [0.15, 0.2) is 85.1 Å². The van der Waals surface area contributed by atoms with Crippen molar-refractivity contribution in [2.24, 2.45) is 0 Å². The fraction of sp³-hybridized carbons (Fsp3) is 0.757. The van der Waals surface area contributed by atoms with E-state index in [1.165, 1.54) is 148 Å². The van der Waals surface area contributed by atoms with E-state index < -0.39 is 57.8 Å². The molecule has 3 atom stereocenters. The summed E-state index contributed by atoms with van der Waals surface area (Å²) in [4.78, 5) is 48.8. The van der Waals surface area contributed by atoms with Crippen molar-refractivity contribution in [3.05, 3.63) is 85.1 Å². The number of esters is 3. The highest BCUT2D eigenvalue weighted by atomic mass is 31.2. The highest BCUT2D eigenvalue weighted by Crippen LogP contribution is 2.43. The second-order valence-electron chi connectivity index (χ2n) is 22.2. The summed E-state index contributed by atoms with van der Waals surface area (Å²) in [5.74, 6) is -1.50. The molecule has 3 unspecified atom stereocenters. The zero-order valence-corrected chi connectivity index (χ0v) is 53.6. The van der Waals surface area contributed by atoms with E-state index in [1.54, 1.807) is 0 Å². The molecule has 0 amide bonds. The summed E-state index contributed by atoms with van der Waals surface area (Å²) in [5.41, 5.74) is 0. The minimum atomic E-state index is -4.77. The minimum Gasteiger partial charge on any atom is -0.462 e. The smallest absolute Gasteiger partial charge is 0.462 e. The lowest BCUT2D eigenvalue weighted by atomic mass is 10.1. The third kappa shape index (κ3) is 61.2. The van der Waals surface area contributed by atoms with Crippen LogP contribution in [0.5, 0.6) is 0 Å². The van der Waals surface area contributed by atoms with Crippen molar-refractivity contribution in [1.82, 2.24) is 0 Å². The number of carbonyl (C=O) groups excluding carboxylic acids is 3. The highest BCUT2D eigenvalue weighted by Gasteiger charge is 2.28. The second kappa shape index (κ2) is 63.7. The van der Waals surface area contributed by atoms with Gasteiger partial charge in [0.1, 0.15) is 12.7 Å². The Labute approximate surface area is 502 Å². The molecule has 11 nitrogen and oxygen atoms in total. The molecule has 474 valence electrons. The number of aliphatic hydroxyl groups excluding tert-OH is 1. The van der Waals surface area contributed by atoms with E-state index in [2.05, 4.69) is 106 Å². The van der Waals surface area contributed by atoms with Crippen molar-refractivity contribution in [2.75, 3.05) is 26.4 Å². The standard InChI is InChI=1S/C70H123O11P/c1-4-7-10-13-16-19-22-25-28-31-33-36-39-42-45-48-51-54-57-60-69(73)80-66(62-71)64-78-82(75,76)79-65-67(63-77-68(72)59-56-53-50-47-44-41-38-35-30-27-24-21-18-15-12-9-6-3)81-70(74)61-58-55-52-49-46-43-40-37-34-32-29-26-23-20-17-14-11-8-5-2/h8,11,17,20,25-30,34,37,43,46,66-67,71H,4-7,9-10,12-16,18-19,21-24,31-33,35-36,38-42,44-45,47-65H2,1-3H3,(H,75,76)/b11-8-,20-17-,28-25-,29-26-,30-27-,37-34-,46-43-. The molecule has 0 fully saturated rings. The number of allylic oxidation sites excluding steroid dienone is 14. The molecule has 0 rings (SSSR count). The molecule has 0 aliphatic carbocycles. The predicted molar refractivity (Wildman–Crippen MR) is 344 cm³/mol. The molecule has 0 saturated heterocycles. The third-order valence-electron chi connectivity index (χ3n) is 14.3. The molecule has 12 heteroatoms. The van der Waals surface area contributed by atoms with Gasteiger partial charge in [0.25, 0.3) is 0 Å². The average Bonchev–Trinajstić information content (AvgIpc) is 3.50. The Kier molecular flexibility index (Phi) is 61.1. The number of rotatable bonds is 62. The van der Waals surface area contributed by atoms with Gasteiger partial charge in [0.05, 0.1) is 19.8 Å². The summed E-state index contributed by atoms with van der Waals surface area (Å²) in [5, 5.41) is 9.87. The van der Waals surface area contributed by atoms with Gasteiger partial charge in [-0.3, -0.25) is 23.4 Å². The Bertz CT molecular complexity index is 1700. The second-order valence-corrected chi connectivity index (χ2v) is 23.7. The van der Waals surface area contributed by atoms with Gasteiger partial charge in [-0.2, -0.15) is 0 Å². The van der Waals surface area contributed by atoms with Gasteiger partial charge in [0.2, 0.25) is 0 Å². The maximum atomic E-state index is 13.0. The Morgan fingerprint density at radius 3 is 1.00 bits per heavy atom. The van der Waals surface area contributed by atoms with Crippen LogP contribution in [0.25, 0.3) is 0 Å². The first-order valence-electron chi connectivity index (χ1n) is 33.5. The number of ether oxygens (including phenoxy) is 3. The minimum absolute atomic E-state index is 0.126. The third-order valence-corrected chi connectivity index (χ3v) is 15.2. The first-order chi connectivity index (χ1) is 40.2. The summed E-state index contributed by atoms with van der Waals surface area (Å²) in [6, 6.07) is 0. The van der Waals surface area contributed by atoms with Crippen LogP contribution < -0.4 is 0 Å². The van der Waals surface area contributed by atoms with Crippen molar-refractivity contribution >= 4 is 25.7 Å². The molecule has 0 aromatic carbocycles. The maximum absolute atomic E-state index is 13.0. The lowest BCUT2D eigenvalue weighted by Crippen LogP contribution is -2.30. The number of phosphoric acid groups is 1. The largest absolute Gasteiger partial charge is 0.472 e. The lowest BCUT2D eigenvalue weighted by Gasteiger charge is -2.21. The fourth-order valence-electron chi connectivity index (χ4n) is 9.20. The van der Waals surface area contributed by atoms with Crippen molar-refractivity contribution in [1.29, 1.82) is 0 Å². The first kappa shape index (κ1) is 78.7. The molecule has 0 aromatic heterocycles. The van der Waals surface area contributed by atoms with Crippen LogP contribution in [-0.2, 0) is 42.2 Å². The van der Waals surface area contributed by atoms with E-state index in [0.29, 0.717) is 19.3 Å². The van der Waals surface area contributed by atoms with E-state index in [1.807, 2.05) is 0 Å². The van der Waals surface area contributed by atoms with E-state index >= 15 is 0 Å². The lowest BCUT2D eigenvalue weighted by molar-refractivity contribution is -0.161.